The number of primary amides is 1. The highest BCUT2D eigenvalue weighted by Crippen LogP contribution is 2.26. The molecule has 1 unspecified atom stereocenters. The first-order valence-corrected chi connectivity index (χ1v) is 12.6. The Bertz CT molecular complexity index is 1630. The summed E-state index contributed by atoms with van der Waals surface area (Å²) >= 11 is 0. The van der Waals surface area contributed by atoms with Gasteiger partial charge in [0.1, 0.15) is 17.7 Å². The van der Waals surface area contributed by atoms with Crippen LogP contribution in [-0.2, 0) is 24.8 Å². The summed E-state index contributed by atoms with van der Waals surface area (Å²) in [6.07, 6.45) is 6.20. The number of imidazole rings is 2. The van der Waals surface area contributed by atoms with Crippen molar-refractivity contribution in [2.45, 2.75) is 45.4 Å². The van der Waals surface area contributed by atoms with Crippen molar-refractivity contribution < 1.29 is 14.7 Å². The fraction of sp³-hybridized carbons (Fsp3) is 0.286. The number of amides is 2. The highest BCUT2D eigenvalue weighted by atomic mass is 16.3. The zero-order chi connectivity index (χ0) is 26.8. The molecule has 3 aromatic heterocycles. The minimum absolute atomic E-state index is 0.0648. The molecule has 0 radical (unpaired) electrons. The van der Waals surface area contributed by atoms with Crippen LogP contribution in [0.2, 0.25) is 0 Å². The largest absolute Gasteiger partial charge is 0.373 e. The zero-order valence-electron chi connectivity index (χ0n) is 21.5. The van der Waals surface area contributed by atoms with E-state index in [9.17, 15) is 14.7 Å². The number of nitrogens with one attached hydrogen (secondary N) is 1. The van der Waals surface area contributed by atoms with E-state index in [-0.39, 0.29) is 11.6 Å². The number of nitrogens with zero attached hydrogens (tertiary/aromatic N) is 5. The number of hydrogen-bond donors (Lipinski definition) is 3. The molecule has 0 aliphatic rings. The van der Waals surface area contributed by atoms with Gasteiger partial charge in [-0.1, -0.05) is 18.2 Å². The maximum absolute atomic E-state index is 12.7. The van der Waals surface area contributed by atoms with Crippen molar-refractivity contribution in [2.75, 3.05) is 5.32 Å². The average molecular weight is 514 g/mol. The molecule has 0 saturated heterocycles. The predicted octanol–water partition coefficient (Wildman–Crippen LogP) is 3.67. The molecule has 4 N–H and O–H groups in total. The van der Waals surface area contributed by atoms with Gasteiger partial charge in [0.05, 0.1) is 22.9 Å². The highest BCUT2D eigenvalue weighted by molar-refractivity contribution is 5.94. The molecule has 0 saturated carbocycles. The third-order valence-corrected chi connectivity index (χ3v) is 6.88. The number of benzene rings is 2. The Labute approximate surface area is 219 Å². The van der Waals surface area contributed by atoms with E-state index in [1.54, 1.807) is 0 Å². The average Bonchev–Trinajstić information content (AvgIpc) is 3.60. The number of aryl methyl sites for hydroxylation is 4. The molecule has 0 aliphatic carbocycles. The first-order chi connectivity index (χ1) is 18.3. The monoisotopic (exact) mass is 513 g/mol. The van der Waals surface area contributed by atoms with Crippen LogP contribution in [0, 0.1) is 6.92 Å². The lowest BCUT2D eigenvalue weighted by Crippen LogP contribution is -2.13. The Morgan fingerprint density at radius 3 is 2.71 bits per heavy atom. The Hall–Kier alpha value is -4.44. The number of anilines is 1. The van der Waals surface area contributed by atoms with Crippen molar-refractivity contribution in [1.82, 2.24) is 23.7 Å². The van der Waals surface area contributed by atoms with E-state index in [0.717, 1.165) is 39.0 Å². The molecule has 2 amide bonds. The van der Waals surface area contributed by atoms with Gasteiger partial charge in [-0.25, -0.2) is 9.97 Å². The van der Waals surface area contributed by atoms with Crippen LogP contribution >= 0.6 is 0 Å². The van der Waals surface area contributed by atoms with E-state index in [1.165, 1.54) is 17.1 Å². The summed E-state index contributed by atoms with van der Waals surface area (Å²) in [5, 5.41) is 14.6. The SMILES string of the molecule is Cc1cn(CCCC(O)n2cnc(C(N)=O)c2)c2cc(NC(=O)CCc3nc4ccccc4n3C)ccc12. The van der Waals surface area contributed by atoms with Crippen LogP contribution in [0.15, 0.2) is 61.2 Å². The lowest BCUT2D eigenvalue weighted by Gasteiger charge is -2.13. The molecule has 196 valence electrons. The van der Waals surface area contributed by atoms with Gasteiger partial charge in [0.2, 0.25) is 5.91 Å². The molecule has 0 spiro atoms. The second-order valence-corrected chi connectivity index (χ2v) is 9.55. The molecule has 5 aromatic rings. The fourth-order valence-corrected chi connectivity index (χ4v) is 4.83. The summed E-state index contributed by atoms with van der Waals surface area (Å²) in [7, 11) is 1.97. The number of carbonyl (C=O) groups is 2. The van der Waals surface area contributed by atoms with E-state index < -0.39 is 12.1 Å². The van der Waals surface area contributed by atoms with Crippen molar-refractivity contribution >= 4 is 39.4 Å². The van der Waals surface area contributed by atoms with Crippen molar-refractivity contribution in [3.8, 4) is 0 Å². The van der Waals surface area contributed by atoms with Crippen LogP contribution < -0.4 is 11.1 Å². The van der Waals surface area contributed by atoms with Gasteiger partial charge in [-0.2, -0.15) is 0 Å². The van der Waals surface area contributed by atoms with Crippen LogP contribution in [0.5, 0.6) is 0 Å². The van der Waals surface area contributed by atoms with Crippen LogP contribution in [0.1, 0.15) is 47.4 Å². The first-order valence-electron chi connectivity index (χ1n) is 12.6. The minimum Gasteiger partial charge on any atom is -0.373 e. The topological polar surface area (TPSA) is 133 Å². The van der Waals surface area contributed by atoms with Gasteiger partial charge < -0.3 is 29.9 Å². The number of hydrogen-bond acceptors (Lipinski definition) is 5. The Kier molecular flexibility index (Phi) is 6.97. The Balaban J connectivity index is 1.21. The molecule has 0 bridgehead atoms. The normalized spacial score (nSPS) is 12.3. The summed E-state index contributed by atoms with van der Waals surface area (Å²) in [5.74, 6) is 0.188. The van der Waals surface area contributed by atoms with Crippen molar-refractivity contribution in [3.63, 3.8) is 0 Å². The molecule has 10 heteroatoms. The molecule has 1 atom stereocenters. The summed E-state index contributed by atoms with van der Waals surface area (Å²) in [6.45, 7) is 2.74. The van der Waals surface area contributed by atoms with Gasteiger partial charge in [-0.3, -0.25) is 9.59 Å². The summed E-state index contributed by atoms with van der Waals surface area (Å²) in [4.78, 5) is 32.5. The summed E-state index contributed by atoms with van der Waals surface area (Å²) in [6, 6.07) is 13.9. The Morgan fingerprint density at radius 1 is 1.13 bits per heavy atom. The lowest BCUT2D eigenvalue weighted by molar-refractivity contribution is -0.116. The lowest BCUT2D eigenvalue weighted by atomic mass is 10.1. The fourth-order valence-electron chi connectivity index (χ4n) is 4.83. The van der Waals surface area contributed by atoms with Crippen molar-refractivity contribution in [1.29, 1.82) is 0 Å². The number of para-hydroxylation sites is 2. The van der Waals surface area contributed by atoms with Gasteiger partial charge in [-0.05, 0) is 49.6 Å². The van der Waals surface area contributed by atoms with Gasteiger partial charge in [0.25, 0.3) is 5.91 Å². The van der Waals surface area contributed by atoms with Crippen molar-refractivity contribution in [2.24, 2.45) is 12.8 Å². The third kappa shape index (κ3) is 5.16. The van der Waals surface area contributed by atoms with Gasteiger partial charge in [0.15, 0.2) is 0 Å². The molecule has 3 heterocycles. The van der Waals surface area contributed by atoms with E-state index in [0.29, 0.717) is 32.2 Å². The van der Waals surface area contributed by atoms with Gasteiger partial charge in [-0.15, -0.1) is 0 Å². The molecule has 38 heavy (non-hydrogen) atoms. The predicted molar refractivity (Wildman–Crippen MR) is 146 cm³/mol. The standard InChI is InChI=1S/C28H31N7O3/c1-18-15-34(13-5-8-27(37)35-16-22(28(29)38)30-17-35)24-14-19(9-10-20(18)24)31-26(36)12-11-25-32-21-6-3-4-7-23(21)33(25)2/h3-4,6-7,9-10,14-17,27,37H,5,8,11-13H2,1-2H3,(H2,29,38)(H,31,36). The third-order valence-electron chi connectivity index (χ3n) is 6.88. The van der Waals surface area contributed by atoms with Crippen LogP contribution in [0.4, 0.5) is 5.69 Å². The molecule has 10 nitrogen and oxygen atoms in total. The summed E-state index contributed by atoms with van der Waals surface area (Å²) < 4.78 is 5.65. The highest BCUT2D eigenvalue weighted by Gasteiger charge is 2.13. The number of rotatable bonds is 10. The van der Waals surface area contributed by atoms with Crippen LogP contribution in [0.3, 0.4) is 0 Å². The van der Waals surface area contributed by atoms with Gasteiger partial charge in [0, 0.05) is 49.9 Å². The zero-order valence-corrected chi connectivity index (χ0v) is 21.5. The van der Waals surface area contributed by atoms with E-state index in [1.807, 2.05) is 54.1 Å². The van der Waals surface area contributed by atoms with E-state index in [2.05, 4.69) is 33.0 Å². The second kappa shape index (κ2) is 10.5. The maximum Gasteiger partial charge on any atom is 0.268 e. The summed E-state index contributed by atoms with van der Waals surface area (Å²) in [5.41, 5.74) is 10.2. The smallest absolute Gasteiger partial charge is 0.268 e. The maximum atomic E-state index is 12.7. The quantitative estimate of drug-likeness (QED) is 0.262. The molecule has 0 aliphatic heterocycles. The molecule has 2 aromatic carbocycles. The van der Waals surface area contributed by atoms with Crippen molar-refractivity contribution in [3.05, 3.63) is 78.3 Å². The molecular weight excluding hydrogens is 482 g/mol. The van der Waals surface area contributed by atoms with E-state index in [4.69, 9.17) is 5.73 Å². The number of nitrogens with two attached hydrogens (primary N) is 1. The minimum atomic E-state index is -0.801. The number of aromatic nitrogens is 5. The van der Waals surface area contributed by atoms with Gasteiger partial charge >= 0.3 is 0 Å². The first kappa shape index (κ1) is 25.2. The molecule has 5 rings (SSSR count). The van der Waals surface area contributed by atoms with E-state index >= 15 is 0 Å². The Morgan fingerprint density at radius 2 is 1.95 bits per heavy atom. The van der Waals surface area contributed by atoms with Crippen LogP contribution in [0.25, 0.3) is 21.9 Å². The second-order valence-electron chi connectivity index (χ2n) is 9.55. The number of carbonyl (C=O) groups excluding carboxylic acids is 2. The molecular formula is C28H31N7O3. The molecule has 0 fully saturated rings. The number of aliphatic hydroxyl groups excluding tert-OH is 1. The number of aliphatic hydroxyl groups is 1. The number of fused-ring (bicyclic) bond motifs is 2. The van der Waals surface area contributed by atoms with Crippen LogP contribution in [-0.4, -0.2) is 40.6 Å².